The summed E-state index contributed by atoms with van der Waals surface area (Å²) in [5, 5.41) is 16.0. The lowest BCUT2D eigenvalue weighted by Crippen LogP contribution is -1.95. The molecule has 0 amide bonds. The molecule has 52 heavy (non-hydrogen) atoms. The van der Waals surface area contributed by atoms with E-state index in [1.165, 1.54) is 86.9 Å². The van der Waals surface area contributed by atoms with Crippen LogP contribution in [-0.4, -0.2) is 4.98 Å². The summed E-state index contributed by atoms with van der Waals surface area (Å²) in [5.74, 6) is 0. The molecule has 0 saturated heterocycles. The van der Waals surface area contributed by atoms with Gasteiger partial charge in [-0.25, -0.2) is 4.98 Å². The molecule has 0 aliphatic rings. The summed E-state index contributed by atoms with van der Waals surface area (Å²) in [6, 6.07) is 68.8. The standard InChI is InChI=1S/C51H31N/c1-3-15-34-29-36(27-25-32(34)13-1)48-40-19-7-9-21-42(40)49(43-22-10-8-20-41(43)48)45-31-46-50(39-18-6-5-17-38(39)45)44-23-11-12-24-47(44)52-51(46)37-28-26-33-14-2-4-16-35(33)30-37/h1-31H. The van der Waals surface area contributed by atoms with Gasteiger partial charge in [-0.2, -0.15) is 0 Å². The van der Waals surface area contributed by atoms with Crippen LogP contribution >= 0.6 is 0 Å². The van der Waals surface area contributed by atoms with E-state index in [4.69, 9.17) is 4.98 Å². The summed E-state index contributed by atoms with van der Waals surface area (Å²) in [6.45, 7) is 0. The smallest absolute Gasteiger partial charge is 0.0788 e. The minimum atomic E-state index is 1.01. The lowest BCUT2D eigenvalue weighted by molar-refractivity contribution is 1.43. The van der Waals surface area contributed by atoms with E-state index < -0.39 is 0 Å². The molecule has 0 fully saturated rings. The van der Waals surface area contributed by atoms with Gasteiger partial charge in [-0.15, -0.1) is 0 Å². The van der Waals surface area contributed by atoms with E-state index in [0.29, 0.717) is 0 Å². The Kier molecular flexibility index (Phi) is 6.32. The number of hydrogen-bond donors (Lipinski definition) is 0. The second-order valence-electron chi connectivity index (χ2n) is 13.8. The van der Waals surface area contributed by atoms with Gasteiger partial charge in [-0.05, 0) is 100 Å². The molecule has 10 aromatic carbocycles. The SMILES string of the molecule is c1ccc2cc(-c3c4ccccc4c(-c4cc5c(-c6ccc7ccccc7c6)nc6ccccc6c5c5ccccc45)c4ccccc34)ccc2c1. The van der Waals surface area contributed by atoms with Crippen LogP contribution in [0.15, 0.2) is 188 Å². The van der Waals surface area contributed by atoms with Gasteiger partial charge in [0.05, 0.1) is 11.2 Å². The molecule has 1 heterocycles. The predicted octanol–water partition coefficient (Wildman–Crippen LogP) is 14.2. The Hall–Kier alpha value is -6.83. The van der Waals surface area contributed by atoms with Crippen molar-refractivity contribution in [1.82, 2.24) is 4.98 Å². The highest BCUT2D eigenvalue weighted by molar-refractivity contribution is 6.29. The van der Waals surface area contributed by atoms with E-state index in [9.17, 15) is 0 Å². The van der Waals surface area contributed by atoms with E-state index in [-0.39, 0.29) is 0 Å². The summed E-state index contributed by atoms with van der Waals surface area (Å²) in [4.78, 5) is 5.43. The fourth-order valence-electron chi connectivity index (χ4n) is 8.65. The second kappa shape index (κ2) is 11.3. The van der Waals surface area contributed by atoms with Crippen LogP contribution in [0.1, 0.15) is 0 Å². The molecule has 0 saturated carbocycles. The predicted molar refractivity (Wildman–Crippen MR) is 223 cm³/mol. The van der Waals surface area contributed by atoms with Gasteiger partial charge in [0, 0.05) is 21.7 Å². The molecule has 0 unspecified atom stereocenters. The Labute approximate surface area is 301 Å². The van der Waals surface area contributed by atoms with Gasteiger partial charge < -0.3 is 0 Å². The number of aromatic nitrogens is 1. The summed E-state index contributed by atoms with van der Waals surface area (Å²) in [6.07, 6.45) is 0. The van der Waals surface area contributed by atoms with Gasteiger partial charge in [0.1, 0.15) is 0 Å². The fourth-order valence-corrected chi connectivity index (χ4v) is 8.65. The first kappa shape index (κ1) is 29.0. The normalized spacial score (nSPS) is 11.8. The van der Waals surface area contributed by atoms with Gasteiger partial charge >= 0.3 is 0 Å². The quantitative estimate of drug-likeness (QED) is 0.136. The average Bonchev–Trinajstić information content (AvgIpc) is 3.21. The highest BCUT2D eigenvalue weighted by Gasteiger charge is 2.21. The van der Waals surface area contributed by atoms with E-state index in [1.54, 1.807) is 0 Å². The van der Waals surface area contributed by atoms with Gasteiger partial charge in [-0.3, -0.25) is 0 Å². The molecule has 0 aliphatic carbocycles. The van der Waals surface area contributed by atoms with Crippen molar-refractivity contribution in [3.05, 3.63) is 188 Å². The number of nitrogens with zero attached hydrogens (tertiary/aromatic N) is 1. The van der Waals surface area contributed by atoms with E-state index in [2.05, 4.69) is 188 Å². The van der Waals surface area contributed by atoms with Gasteiger partial charge in [0.2, 0.25) is 0 Å². The van der Waals surface area contributed by atoms with Crippen LogP contribution in [0.3, 0.4) is 0 Å². The van der Waals surface area contributed by atoms with Crippen molar-refractivity contribution in [2.24, 2.45) is 0 Å². The maximum atomic E-state index is 5.43. The van der Waals surface area contributed by atoms with Crippen LogP contribution in [0.2, 0.25) is 0 Å². The number of pyridine rings is 1. The molecule has 0 atom stereocenters. The Bertz CT molecular complexity index is 3190. The molecule has 11 aromatic rings. The van der Waals surface area contributed by atoms with Crippen LogP contribution in [-0.2, 0) is 0 Å². The molecular weight excluding hydrogens is 627 g/mol. The zero-order chi connectivity index (χ0) is 34.2. The Morgan fingerprint density at radius 2 is 0.750 bits per heavy atom. The van der Waals surface area contributed by atoms with Crippen molar-refractivity contribution in [1.29, 1.82) is 0 Å². The highest BCUT2D eigenvalue weighted by atomic mass is 14.7. The summed E-state index contributed by atoms with van der Waals surface area (Å²) in [7, 11) is 0. The van der Waals surface area contributed by atoms with E-state index >= 15 is 0 Å². The Balaban J connectivity index is 1.30. The maximum absolute atomic E-state index is 5.43. The lowest BCUT2D eigenvalue weighted by atomic mass is 9.83. The van der Waals surface area contributed by atoms with Crippen molar-refractivity contribution in [2.75, 3.05) is 0 Å². The van der Waals surface area contributed by atoms with Crippen LogP contribution in [0.5, 0.6) is 0 Å². The number of para-hydroxylation sites is 1. The third kappa shape index (κ3) is 4.33. The molecule has 0 bridgehead atoms. The van der Waals surface area contributed by atoms with E-state index in [0.717, 1.165) is 22.2 Å². The molecule has 1 aromatic heterocycles. The third-order valence-electron chi connectivity index (χ3n) is 11.0. The fraction of sp³-hybridized carbons (Fsp3) is 0. The molecule has 0 radical (unpaired) electrons. The van der Waals surface area contributed by atoms with Crippen LogP contribution in [0, 0.1) is 0 Å². The molecule has 1 nitrogen and oxygen atoms in total. The second-order valence-corrected chi connectivity index (χ2v) is 13.8. The number of hydrogen-bond acceptors (Lipinski definition) is 1. The van der Waals surface area contributed by atoms with Gasteiger partial charge in [0.15, 0.2) is 0 Å². The number of fused-ring (bicyclic) bond motifs is 9. The first-order valence-electron chi connectivity index (χ1n) is 18.0. The molecule has 0 spiro atoms. The zero-order valence-electron chi connectivity index (χ0n) is 28.3. The largest absolute Gasteiger partial charge is 0.247 e. The van der Waals surface area contributed by atoms with Gasteiger partial charge in [0.25, 0.3) is 0 Å². The van der Waals surface area contributed by atoms with Crippen molar-refractivity contribution < 1.29 is 0 Å². The van der Waals surface area contributed by atoms with Crippen molar-refractivity contribution >= 4 is 75.5 Å². The summed E-state index contributed by atoms with van der Waals surface area (Å²) < 4.78 is 0. The third-order valence-corrected chi connectivity index (χ3v) is 11.0. The van der Waals surface area contributed by atoms with Crippen LogP contribution < -0.4 is 0 Å². The maximum Gasteiger partial charge on any atom is 0.0788 e. The Morgan fingerprint density at radius 3 is 1.38 bits per heavy atom. The first-order valence-corrected chi connectivity index (χ1v) is 18.0. The van der Waals surface area contributed by atoms with Crippen LogP contribution in [0.4, 0.5) is 0 Å². The van der Waals surface area contributed by atoms with E-state index in [1.807, 2.05) is 0 Å². The topological polar surface area (TPSA) is 12.9 Å². The number of benzene rings is 10. The van der Waals surface area contributed by atoms with Crippen molar-refractivity contribution in [2.45, 2.75) is 0 Å². The summed E-state index contributed by atoms with van der Waals surface area (Å²) in [5.41, 5.74) is 8.12. The molecule has 240 valence electrons. The lowest BCUT2D eigenvalue weighted by Gasteiger charge is -2.21. The van der Waals surface area contributed by atoms with Crippen LogP contribution in [0.25, 0.3) is 109 Å². The van der Waals surface area contributed by atoms with Crippen molar-refractivity contribution in [3.63, 3.8) is 0 Å². The monoisotopic (exact) mass is 657 g/mol. The highest BCUT2D eigenvalue weighted by Crippen LogP contribution is 2.48. The molecule has 1 heteroatoms. The minimum Gasteiger partial charge on any atom is -0.247 e. The Morgan fingerprint density at radius 1 is 0.288 bits per heavy atom. The molecule has 0 N–H and O–H groups in total. The minimum absolute atomic E-state index is 1.01. The molecule has 0 aliphatic heterocycles. The first-order chi connectivity index (χ1) is 25.8. The average molecular weight is 658 g/mol. The van der Waals surface area contributed by atoms with Crippen molar-refractivity contribution in [3.8, 4) is 33.5 Å². The zero-order valence-corrected chi connectivity index (χ0v) is 28.3. The van der Waals surface area contributed by atoms with Gasteiger partial charge in [-0.1, -0.05) is 164 Å². The molecule has 11 rings (SSSR count). The summed E-state index contributed by atoms with van der Waals surface area (Å²) >= 11 is 0. The molecular formula is C51H31N. The number of rotatable bonds is 3.